The molecule has 3 aliphatic rings. The molecule has 0 saturated heterocycles. The maximum Gasteiger partial charge on any atom is 0.409 e. The summed E-state index contributed by atoms with van der Waals surface area (Å²) in [5.41, 5.74) is 14.6. The third-order valence-electron chi connectivity index (χ3n) is 12.5. The lowest BCUT2D eigenvalue weighted by Crippen LogP contribution is -2.44. The van der Waals surface area contributed by atoms with Crippen LogP contribution in [0.4, 0.5) is 10.5 Å². The number of aromatic nitrogens is 2. The van der Waals surface area contributed by atoms with Crippen LogP contribution in [0.3, 0.4) is 0 Å². The SMILES string of the molecule is CCc1c2c(nc3ccc(OCc4ccc(NC(=O)[C@H](C)N)cc4CN(C)C(=O)OCC4c5ccccc5-c5ccccc54)cc13)-c1cc3c(c(=O)n1C2)COC(=O)[C@]3(O)CC. The lowest BCUT2D eigenvalue weighted by molar-refractivity contribution is -0.172. The number of nitrogens with two attached hydrogens (primary N) is 1. The fourth-order valence-corrected chi connectivity index (χ4v) is 9.07. The zero-order chi connectivity index (χ0) is 43.4. The summed E-state index contributed by atoms with van der Waals surface area (Å²) in [6.45, 7) is 5.93. The largest absolute Gasteiger partial charge is 0.489 e. The van der Waals surface area contributed by atoms with Crippen LogP contribution in [0.15, 0.2) is 95.8 Å². The number of fused-ring (bicyclic) bond motifs is 8. The van der Waals surface area contributed by atoms with E-state index < -0.39 is 23.7 Å². The molecule has 2 aliphatic heterocycles. The molecule has 1 aliphatic carbocycles. The third-order valence-corrected chi connectivity index (χ3v) is 12.5. The van der Waals surface area contributed by atoms with Crippen molar-refractivity contribution in [2.24, 2.45) is 5.73 Å². The number of aryl methyl sites for hydroxylation is 1. The average molecular weight is 834 g/mol. The molecule has 2 atom stereocenters. The number of nitrogens with zero attached hydrogens (tertiary/aromatic N) is 3. The Morgan fingerprint density at radius 3 is 2.40 bits per heavy atom. The van der Waals surface area contributed by atoms with Crippen molar-refractivity contribution in [3.63, 3.8) is 0 Å². The van der Waals surface area contributed by atoms with Crippen molar-refractivity contribution in [1.29, 1.82) is 0 Å². The molecule has 13 heteroatoms. The Kier molecular flexibility index (Phi) is 10.4. The minimum atomic E-state index is -1.91. The highest BCUT2D eigenvalue weighted by Crippen LogP contribution is 2.45. The van der Waals surface area contributed by atoms with Gasteiger partial charge in [0, 0.05) is 41.7 Å². The van der Waals surface area contributed by atoms with Crippen molar-refractivity contribution in [1.82, 2.24) is 14.5 Å². The van der Waals surface area contributed by atoms with Crippen LogP contribution in [0.25, 0.3) is 33.4 Å². The Hall–Kier alpha value is -6.83. The molecule has 62 heavy (non-hydrogen) atoms. The summed E-state index contributed by atoms with van der Waals surface area (Å²) in [6, 6.07) is 28.5. The highest BCUT2D eigenvalue weighted by molar-refractivity contribution is 5.94. The van der Waals surface area contributed by atoms with E-state index in [1.807, 2.05) is 61.5 Å². The fraction of sp³-hybridized carbons (Fsp3) is 0.286. The molecule has 0 bridgehead atoms. The molecule has 0 unspecified atom stereocenters. The van der Waals surface area contributed by atoms with E-state index in [4.69, 9.17) is 24.9 Å². The van der Waals surface area contributed by atoms with Gasteiger partial charge in [-0.1, -0.05) is 68.4 Å². The number of hydrogen-bond acceptors (Lipinski definition) is 10. The number of pyridine rings is 2. The van der Waals surface area contributed by atoms with Crippen LogP contribution < -0.4 is 21.3 Å². The maximum atomic E-state index is 13.8. The number of rotatable bonds is 11. The predicted molar refractivity (Wildman–Crippen MR) is 233 cm³/mol. The van der Waals surface area contributed by atoms with Gasteiger partial charge < -0.3 is 39.8 Å². The van der Waals surface area contributed by atoms with Gasteiger partial charge in [-0.3, -0.25) is 9.59 Å². The second kappa shape index (κ2) is 15.9. The lowest BCUT2D eigenvalue weighted by Gasteiger charge is -2.31. The van der Waals surface area contributed by atoms with E-state index in [0.717, 1.165) is 49.9 Å². The number of amides is 2. The number of nitrogens with one attached hydrogen (secondary N) is 1. The second-order valence-corrected chi connectivity index (χ2v) is 16.3. The van der Waals surface area contributed by atoms with Gasteiger partial charge in [0.1, 0.15) is 25.6 Å². The summed E-state index contributed by atoms with van der Waals surface area (Å²) in [6.07, 6.45) is 0.223. The first-order valence-electron chi connectivity index (χ1n) is 20.9. The van der Waals surface area contributed by atoms with Crippen molar-refractivity contribution in [2.45, 2.75) is 77.5 Å². The van der Waals surface area contributed by atoms with E-state index in [9.17, 15) is 24.3 Å². The van der Waals surface area contributed by atoms with Gasteiger partial charge in [-0.05, 0) is 95.1 Å². The van der Waals surface area contributed by atoms with Crippen molar-refractivity contribution >= 4 is 34.6 Å². The van der Waals surface area contributed by atoms with Gasteiger partial charge in [0.15, 0.2) is 5.60 Å². The van der Waals surface area contributed by atoms with E-state index in [1.165, 1.54) is 4.90 Å². The van der Waals surface area contributed by atoms with E-state index >= 15 is 0 Å². The van der Waals surface area contributed by atoms with Gasteiger partial charge >= 0.3 is 12.1 Å². The first-order valence-corrected chi connectivity index (χ1v) is 20.9. The van der Waals surface area contributed by atoms with E-state index in [2.05, 4.69) is 29.6 Å². The van der Waals surface area contributed by atoms with Crippen LogP contribution in [0.1, 0.15) is 77.6 Å². The Labute approximate surface area is 358 Å². The molecule has 316 valence electrons. The average Bonchev–Trinajstić information content (AvgIpc) is 3.81. The number of cyclic esters (lactones) is 1. The standard InChI is InChI=1S/C49H47N5O8/c1-5-32-37-20-31(17-18-42(37)52-44-38(32)23-54-43(44)21-41-40(46(54)56)26-61-47(57)49(41,59)6-2)60-24-28-15-16-30(51-45(55)27(3)50)19-29(28)22-53(4)48(58)62-25-39-35-13-9-7-11-33(35)34-12-8-10-14-36(34)39/h7-21,27,39,59H,5-6,22-26,50H2,1-4H3,(H,51,55)/t27-,49-/m0/s1. The summed E-state index contributed by atoms with van der Waals surface area (Å²) < 4.78 is 19.3. The van der Waals surface area contributed by atoms with Crippen LogP contribution in [-0.4, -0.2) is 57.2 Å². The number of anilines is 1. The molecule has 13 nitrogen and oxygen atoms in total. The quantitative estimate of drug-likeness (QED) is 0.117. The molecule has 2 aromatic heterocycles. The molecule has 0 saturated carbocycles. The number of hydrogen-bond donors (Lipinski definition) is 3. The molecule has 4 heterocycles. The Balaban J connectivity index is 0.963. The summed E-state index contributed by atoms with van der Waals surface area (Å²) in [7, 11) is 1.68. The Bertz CT molecular complexity index is 2840. The van der Waals surface area contributed by atoms with E-state index in [-0.39, 0.29) is 61.3 Å². The smallest absolute Gasteiger partial charge is 0.409 e. The molecular formula is C49H47N5O8. The fourth-order valence-electron chi connectivity index (χ4n) is 9.07. The number of benzene rings is 4. The summed E-state index contributed by atoms with van der Waals surface area (Å²) in [4.78, 5) is 59.1. The number of aliphatic hydroxyl groups is 1. The topological polar surface area (TPSA) is 175 Å². The van der Waals surface area contributed by atoms with E-state index in [0.29, 0.717) is 41.3 Å². The monoisotopic (exact) mass is 833 g/mol. The van der Waals surface area contributed by atoms with Crippen LogP contribution in [0.2, 0.25) is 0 Å². The third kappa shape index (κ3) is 6.87. The highest BCUT2D eigenvalue weighted by Gasteiger charge is 2.45. The van der Waals surface area contributed by atoms with Crippen LogP contribution in [0.5, 0.6) is 5.75 Å². The van der Waals surface area contributed by atoms with Crippen molar-refractivity contribution in [2.75, 3.05) is 19.0 Å². The van der Waals surface area contributed by atoms with Gasteiger partial charge in [0.2, 0.25) is 5.91 Å². The molecule has 0 fully saturated rings. The molecule has 6 aromatic rings. The summed E-state index contributed by atoms with van der Waals surface area (Å²) in [5.74, 6) is -0.597. The Morgan fingerprint density at radius 1 is 0.984 bits per heavy atom. The Morgan fingerprint density at radius 2 is 1.71 bits per heavy atom. The molecule has 4 aromatic carbocycles. The number of ether oxygens (including phenoxy) is 3. The first-order chi connectivity index (χ1) is 29.9. The zero-order valence-electron chi connectivity index (χ0n) is 35.0. The van der Waals surface area contributed by atoms with E-state index in [1.54, 1.807) is 37.6 Å². The van der Waals surface area contributed by atoms with Gasteiger partial charge in [-0.15, -0.1) is 0 Å². The van der Waals surface area contributed by atoms with Crippen molar-refractivity contribution < 1.29 is 33.7 Å². The molecule has 9 rings (SSSR count). The van der Waals surface area contributed by atoms with Gasteiger partial charge in [0.05, 0.1) is 35.1 Å². The molecule has 2 amide bonds. The van der Waals surface area contributed by atoms with Gasteiger partial charge in [0.25, 0.3) is 5.56 Å². The minimum Gasteiger partial charge on any atom is -0.489 e. The van der Waals surface area contributed by atoms with Crippen LogP contribution >= 0.6 is 0 Å². The minimum absolute atomic E-state index is 0.0633. The predicted octanol–water partition coefficient (Wildman–Crippen LogP) is 6.89. The zero-order valence-corrected chi connectivity index (χ0v) is 35.0. The maximum absolute atomic E-state index is 13.8. The summed E-state index contributed by atoms with van der Waals surface area (Å²) >= 11 is 0. The van der Waals surface area contributed by atoms with Crippen LogP contribution in [-0.2, 0) is 57.4 Å². The van der Waals surface area contributed by atoms with Crippen molar-refractivity contribution in [3.05, 3.63) is 146 Å². The number of carbonyl (C=O) groups is 3. The first kappa shape index (κ1) is 40.6. The van der Waals surface area contributed by atoms with Crippen molar-refractivity contribution in [3.8, 4) is 28.3 Å². The lowest BCUT2D eigenvalue weighted by atomic mass is 9.86. The molecular weight excluding hydrogens is 787 g/mol. The highest BCUT2D eigenvalue weighted by atomic mass is 16.6. The number of carbonyl (C=O) groups excluding carboxylic acids is 3. The number of esters is 1. The second-order valence-electron chi connectivity index (χ2n) is 16.3. The molecule has 0 radical (unpaired) electrons. The summed E-state index contributed by atoms with van der Waals surface area (Å²) in [5, 5.41) is 15.0. The van der Waals surface area contributed by atoms with Crippen LogP contribution in [0, 0.1) is 0 Å². The van der Waals surface area contributed by atoms with Gasteiger partial charge in [-0.2, -0.15) is 0 Å². The molecule has 0 spiro atoms. The molecule has 4 N–H and O–H groups in total. The van der Waals surface area contributed by atoms with Gasteiger partial charge in [-0.25, -0.2) is 14.6 Å². The normalized spacial score (nSPS) is 16.4.